The number of allylic oxidation sites excluding steroid dienone is 16. The van der Waals surface area contributed by atoms with E-state index in [1.165, 1.54) is 19.3 Å². The fraction of sp³-hybridized carbons (Fsp3) is 0.653. The number of unbranched alkanes of at least 4 members (excludes halogenated alkanes) is 9. The number of rotatable bonds is 38. The number of carbonyl (C=O) groups is 1. The zero-order valence-electron chi connectivity index (χ0n) is 37.6. The number of esters is 1. The zero-order valence-corrected chi connectivity index (χ0v) is 38.5. The highest BCUT2D eigenvalue weighted by Gasteiger charge is 2.48. The number of carbonyl (C=O) groups excluding carboxylic acids is 1. The highest BCUT2D eigenvalue weighted by Crippen LogP contribution is 2.26. The van der Waals surface area contributed by atoms with Crippen molar-refractivity contribution in [1.29, 1.82) is 0 Å². The number of hydrogen-bond acceptors (Lipinski definition) is 11. The number of ether oxygens (including phenoxy) is 4. The standard InChI is InChI=1S/C49H80O12S/c1-3-5-7-9-11-13-15-17-19-20-21-22-23-24-25-26-28-30-32-34-36-38-45(51)59-43(41-57-39-37-35-33-31-29-27-18-16-14-12-10-8-6-4-2)42-58-49-47(53)48(61-62(54,55)56)46(52)44(40-50)60-49/h5,7-8,10-11,13-14,16-17,19,21-22,24-25,28,30,43-44,46-50,52-53H,3-4,6,9,12,15,18,20,23,26-27,29,31-42H2,1-2H3,(H,54,55,56)/b7-5-,10-8-,13-11-,16-14-,19-17-,22-21-,25-24-,30-28-. The monoisotopic (exact) mass is 893 g/mol. The van der Waals surface area contributed by atoms with E-state index in [1.807, 2.05) is 0 Å². The molecule has 62 heavy (non-hydrogen) atoms. The lowest BCUT2D eigenvalue weighted by Gasteiger charge is -2.41. The minimum absolute atomic E-state index is 0.00403. The Morgan fingerprint density at radius 3 is 1.63 bits per heavy atom. The summed E-state index contributed by atoms with van der Waals surface area (Å²) in [5.41, 5.74) is 0. The Balaban J connectivity index is 2.47. The average molecular weight is 893 g/mol. The van der Waals surface area contributed by atoms with Crippen molar-refractivity contribution in [2.45, 2.75) is 179 Å². The Labute approximate surface area is 374 Å². The molecular weight excluding hydrogens is 813 g/mol. The van der Waals surface area contributed by atoms with Gasteiger partial charge in [0, 0.05) is 13.0 Å². The quantitative estimate of drug-likeness (QED) is 0.0200. The van der Waals surface area contributed by atoms with E-state index in [1.54, 1.807) is 0 Å². The maximum Gasteiger partial charge on any atom is 0.397 e. The lowest BCUT2D eigenvalue weighted by molar-refractivity contribution is -0.301. The van der Waals surface area contributed by atoms with Gasteiger partial charge in [0.05, 0.1) is 19.8 Å². The van der Waals surface area contributed by atoms with Gasteiger partial charge in [0.2, 0.25) is 0 Å². The van der Waals surface area contributed by atoms with Crippen molar-refractivity contribution >= 4 is 16.4 Å². The third kappa shape index (κ3) is 32.7. The van der Waals surface area contributed by atoms with Gasteiger partial charge in [-0.3, -0.25) is 9.35 Å². The normalized spacial score (nSPS) is 20.9. The third-order valence-corrected chi connectivity index (χ3v) is 10.1. The van der Waals surface area contributed by atoms with Crippen LogP contribution in [-0.4, -0.2) is 97.5 Å². The molecule has 1 heterocycles. The number of aliphatic hydroxyl groups excluding tert-OH is 3. The topological polar surface area (TPSA) is 178 Å². The van der Waals surface area contributed by atoms with Crippen molar-refractivity contribution in [2.75, 3.05) is 26.4 Å². The summed E-state index contributed by atoms with van der Waals surface area (Å²) in [5.74, 6) is -0.450. The summed E-state index contributed by atoms with van der Waals surface area (Å²) in [6, 6.07) is 0. The molecule has 0 bridgehead atoms. The van der Waals surface area contributed by atoms with Crippen molar-refractivity contribution in [1.82, 2.24) is 0 Å². The molecule has 13 heteroatoms. The molecule has 0 aliphatic carbocycles. The van der Waals surface area contributed by atoms with Crippen LogP contribution in [0.25, 0.3) is 0 Å². The highest BCUT2D eigenvalue weighted by molar-refractivity contribution is 7.80. The first-order chi connectivity index (χ1) is 30.1. The summed E-state index contributed by atoms with van der Waals surface area (Å²) >= 11 is 0. The molecule has 0 spiro atoms. The van der Waals surface area contributed by atoms with Gasteiger partial charge in [0.25, 0.3) is 0 Å². The molecule has 354 valence electrons. The molecule has 4 N–H and O–H groups in total. The van der Waals surface area contributed by atoms with Crippen LogP contribution in [0.15, 0.2) is 97.2 Å². The van der Waals surface area contributed by atoms with Crippen molar-refractivity contribution in [3.8, 4) is 0 Å². The van der Waals surface area contributed by atoms with Gasteiger partial charge in [0.1, 0.15) is 30.5 Å². The second-order valence-electron chi connectivity index (χ2n) is 15.3. The van der Waals surface area contributed by atoms with Gasteiger partial charge in [-0.05, 0) is 89.9 Å². The fourth-order valence-corrected chi connectivity index (χ4v) is 6.75. The van der Waals surface area contributed by atoms with Crippen molar-refractivity contribution in [3.63, 3.8) is 0 Å². The van der Waals surface area contributed by atoms with Gasteiger partial charge in [-0.15, -0.1) is 0 Å². The van der Waals surface area contributed by atoms with Crippen molar-refractivity contribution in [3.05, 3.63) is 97.2 Å². The summed E-state index contributed by atoms with van der Waals surface area (Å²) in [4.78, 5) is 12.8. The van der Waals surface area contributed by atoms with E-state index in [0.29, 0.717) is 13.0 Å². The molecule has 1 rings (SSSR count). The largest absolute Gasteiger partial charge is 0.457 e. The summed E-state index contributed by atoms with van der Waals surface area (Å²) in [7, 11) is -5.08. The Kier molecular flexibility index (Phi) is 36.4. The van der Waals surface area contributed by atoms with E-state index in [-0.39, 0.29) is 19.6 Å². The maximum atomic E-state index is 12.8. The zero-order chi connectivity index (χ0) is 45.4. The maximum absolute atomic E-state index is 12.8. The first-order valence-corrected chi connectivity index (χ1v) is 24.4. The third-order valence-electron chi connectivity index (χ3n) is 9.67. The Bertz CT molecular complexity index is 1450. The van der Waals surface area contributed by atoms with E-state index in [0.717, 1.165) is 96.3 Å². The molecule has 12 nitrogen and oxygen atoms in total. The molecule has 1 fully saturated rings. The number of hydrogen-bond donors (Lipinski definition) is 4. The molecule has 0 aromatic rings. The van der Waals surface area contributed by atoms with Crippen LogP contribution in [-0.2, 0) is 38.3 Å². The van der Waals surface area contributed by atoms with Gasteiger partial charge in [-0.1, -0.05) is 143 Å². The van der Waals surface area contributed by atoms with Crippen LogP contribution >= 0.6 is 0 Å². The second-order valence-corrected chi connectivity index (χ2v) is 16.3. The minimum Gasteiger partial charge on any atom is -0.457 e. The second kappa shape index (κ2) is 39.6. The van der Waals surface area contributed by atoms with Gasteiger partial charge >= 0.3 is 16.4 Å². The molecule has 6 unspecified atom stereocenters. The molecule has 6 atom stereocenters. The van der Waals surface area contributed by atoms with Gasteiger partial charge in [-0.25, -0.2) is 4.18 Å². The Morgan fingerprint density at radius 1 is 0.629 bits per heavy atom. The Hall–Kier alpha value is -2.98. The highest BCUT2D eigenvalue weighted by atomic mass is 32.3. The van der Waals surface area contributed by atoms with Crippen molar-refractivity contribution < 1.29 is 56.2 Å². The van der Waals surface area contributed by atoms with Crippen LogP contribution < -0.4 is 0 Å². The predicted molar refractivity (Wildman–Crippen MR) is 248 cm³/mol. The fourth-order valence-electron chi connectivity index (χ4n) is 6.24. The van der Waals surface area contributed by atoms with Gasteiger partial charge in [0.15, 0.2) is 6.29 Å². The van der Waals surface area contributed by atoms with E-state index < -0.39 is 59.8 Å². The molecular formula is C49H80O12S. The molecule has 0 radical (unpaired) electrons. The lowest BCUT2D eigenvalue weighted by atomic mass is 9.99. The van der Waals surface area contributed by atoms with Gasteiger partial charge in [-0.2, -0.15) is 8.42 Å². The Morgan fingerprint density at radius 2 is 1.11 bits per heavy atom. The average Bonchev–Trinajstić information content (AvgIpc) is 3.24. The van der Waals surface area contributed by atoms with Gasteiger partial charge < -0.3 is 34.3 Å². The SMILES string of the molecule is CC/C=C\C/C=C\C/C=C\C/C=C\C/C=C\C/C=C\CCCCC(=O)OC(COCCCCCCCC/C=C\C/C=C\CCC)COC1OC(CO)C(O)C(OS(=O)(=O)O)C1O. The van der Waals surface area contributed by atoms with E-state index in [4.69, 9.17) is 23.5 Å². The molecule has 1 aliphatic rings. The number of aliphatic hydroxyl groups is 3. The molecule has 0 aromatic carbocycles. The van der Waals surface area contributed by atoms with E-state index in [2.05, 4.69) is 115 Å². The van der Waals surface area contributed by atoms with Crippen LogP contribution in [0.4, 0.5) is 0 Å². The molecule has 1 saturated heterocycles. The van der Waals surface area contributed by atoms with E-state index >= 15 is 0 Å². The van der Waals surface area contributed by atoms with Crippen molar-refractivity contribution in [2.24, 2.45) is 0 Å². The molecule has 0 saturated carbocycles. The van der Waals surface area contributed by atoms with Crippen LogP contribution in [0.2, 0.25) is 0 Å². The van der Waals surface area contributed by atoms with Crippen LogP contribution in [0.5, 0.6) is 0 Å². The summed E-state index contributed by atoms with van der Waals surface area (Å²) in [6.07, 6.45) is 44.4. The first-order valence-electron chi connectivity index (χ1n) is 23.0. The summed E-state index contributed by atoms with van der Waals surface area (Å²) in [6.45, 7) is 3.70. The van der Waals surface area contributed by atoms with E-state index in [9.17, 15) is 28.5 Å². The lowest BCUT2D eigenvalue weighted by Crippen LogP contribution is -2.60. The van der Waals surface area contributed by atoms with Crippen LogP contribution in [0.1, 0.15) is 142 Å². The minimum atomic E-state index is -5.08. The first kappa shape index (κ1) is 57.0. The smallest absolute Gasteiger partial charge is 0.397 e. The van der Waals surface area contributed by atoms with Crippen LogP contribution in [0.3, 0.4) is 0 Å². The van der Waals surface area contributed by atoms with Crippen LogP contribution in [0, 0.1) is 0 Å². The molecule has 0 amide bonds. The summed E-state index contributed by atoms with van der Waals surface area (Å²) in [5, 5.41) is 30.7. The predicted octanol–water partition coefficient (Wildman–Crippen LogP) is 9.85. The summed E-state index contributed by atoms with van der Waals surface area (Å²) < 4.78 is 59.0. The molecule has 1 aliphatic heterocycles. The molecule has 0 aromatic heterocycles.